The molecule has 1 fully saturated rings. The lowest BCUT2D eigenvalue weighted by atomic mass is 10.0. The Kier molecular flexibility index (Phi) is 9.43. The Hall–Kier alpha value is -0.160. The monoisotopic (exact) mass is 272 g/mol. The summed E-state index contributed by atoms with van der Waals surface area (Å²) >= 11 is 0. The minimum Gasteiger partial charge on any atom is -0.382 e. The van der Waals surface area contributed by atoms with Gasteiger partial charge in [-0.05, 0) is 31.8 Å². The van der Waals surface area contributed by atoms with E-state index >= 15 is 0 Å². The Labute approximate surface area is 118 Å². The topological polar surface area (TPSA) is 33.7 Å². The average Bonchev–Trinajstić information content (AvgIpc) is 2.40. The van der Waals surface area contributed by atoms with E-state index in [0.29, 0.717) is 19.3 Å². The highest BCUT2D eigenvalue weighted by molar-refractivity contribution is 4.78. The van der Waals surface area contributed by atoms with Gasteiger partial charge in [0.15, 0.2) is 0 Å². The second kappa shape index (κ2) is 10.6. The molecular formula is C15H32N2O2. The largest absolute Gasteiger partial charge is 0.382 e. The number of likely N-dealkylation sites (tertiary alicyclic amines) is 1. The summed E-state index contributed by atoms with van der Waals surface area (Å²) in [6.45, 7) is 11.3. The van der Waals surface area contributed by atoms with Gasteiger partial charge in [-0.15, -0.1) is 0 Å². The van der Waals surface area contributed by atoms with Crippen molar-refractivity contribution < 1.29 is 9.47 Å². The second-order valence-electron chi connectivity index (χ2n) is 5.84. The van der Waals surface area contributed by atoms with Crippen LogP contribution in [0.3, 0.4) is 0 Å². The summed E-state index contributed by atoms with van der Waals surface area (Å²) < 4.78 is 10.6. The van der Waals surface area contributed by atoms with Crippen LogP contribution >= 0.6 is 0 Å². The van der Waals surface area contributed by atoms with Crippen LogP contribution in [0, 0.1) is 5.92 Å². The molecule has 114 valence electrons. The maximum Gasteiger partial charge on any atom is 0.0700 e. The number of methoxy groups -OCH3 is 1. The molecule has 0 radical (unpaired) electrons. The fourth-order valence-electron chi connectivity index (χ4n) is 2.55. The zero-order chi connectivity index (χ0) is 13.9. The van der Waals surface area contributed by atoms with Crippen molar-refractivity contribution in [3.05, 3.63) is 0 Å². The first-order valence-corrected chi connectivity index (χ1v) is 7.75. The van der Waals surface area contributed by atoms with E-state index in [9.17, 15) is 0 Å². The van der Waals surface area contributed by atoms with Gasteiger partial charge < -0.3 is 14.8 Å². The van der Waals surface area contributed by atoms with E-state index in [1.54, 1.807) is 7.11 Å². The van der Waals surface area contributed by atoms with Crippen molar-refractivity contribution in [2.24, 2.45) is 5.92 Å². The van der Waals surface area contributed by atoms with Crippen LogP contribution in [0.25, 0.3) is 0 Å². The molecule has 1 saturated heterocycles. The lowest BCUT2D eigenvalue weighted by Gasteiger charge is -2.36. The van der Waals surface area contributed by atoms with E-state index in [1.807, 2.05) is 0 Å². The number of nitrogens with one attached hydrogen (secondary N) is 1. The molecule has 0 aromatic carbocycles. The van der Waals surface area contributed by atoms with Gasteiger partial charge in [0.2, 0.25) is 0 Å². The molecular weight excluding hydrogens is 240 g/mol. The van der Waals surface area contributed by atoms with Gasteiger partial charge in [-0.3, -0.25) is 4.90 Å². The van der Waals surface area contributed by atoms with Crippen molar-refractivity contribution in [1.29, 1.82) is 0 Å². The zero-order valence-corrected chi connectivity index (χ0v) is 13.0. The normalized spacial score (nSPS) is 21.2. The molecule has 0 aromatic heterocycles. The molecule has 1 aliphatic heterocycles. The molecule has 4 nitrogen and oxygen atoms in total. The second-order valence-corrected chi connectivity index (χ2v) is 5.84. The number of ether oxygens (including phenoxy) is 2. The van der Waals surface area contributed by atoms with Crippen molar-refractivity contribution in [2.75, 3.05) is 53.1 Å². The SMILES string of the molecule is COCCOCCN1CCCCC1CNCC(C)C. The molecule has 0 saturated carbocycles. The number of rotatable bonds is 10. The summed E-state index contributed by atoms with van der Waals surface area (Å²) in [7, 11) is 1.71. The van der Waals surface area contributed by atoms with Crippen molar-refractivity contribution in [2.45, 2.75) is 39.2 Å². The Morgan fingerprint density at radius 3 is 2.79 bits per heavy atom. The van der Waals surface area contributed by atoms with E-state index in [-0.39, 0.29) is 0 Å². The molecule has 0 amide bonds. The Morgan fingerprint density at radius 2 is 2.05 bits per heavy atom. The Balaban J connectivity index is 2.16. The molecule has 0 aromatic rings. The summed E-state index contributed by atoms with van der Waals surface area (Å²) in [6, 6.07) is 0.693. The molecule has 1 heterocycles. The van der Waals surface area contributed by atoms with Gasteiger partial charge in [0.05, 0.1) is 19.8 Å². The highest BCUT2D eigenvalue weighted by atomic mass is 16.5. The molecule has 4 heteroatoms. The van der Waals surface area contributed by atoms with E-state index in [4.69, 9.17) is 9.47 Å². The average molecular weight is 272 g/mol. The van der Waals surface area contributed by atoms with Crippen LogP contribution in [-0.2, 0) is 9.47 Å². The third-order valence-corrected chi connectivity index (χ3v) is 3.64. The summed E-state index contributed by atoms with van der Waals surface area (Å²) in [4.78, 5) is 2.59. The van der Waals surface area contributed by atoms with Gasteiger partial charge >= 0.3 is 0 Å². The quantitative estimate of drug-likeness (QED) is 0.614. The van der Waals surface area contributed by atoms with Crippen molar-refractivity contribution in [3.8, 4) is 0 Å². The van der Waals surface area contributed by atoms with Gasteiger partial charge in [0.1, 0.15) is 0 Å². The maximum atomic E-state index is 5.58. The standard InChI is InChI=1S/C15H32N2O2/c1-14(2)12-16-13-15-6-4-5-7-17(15)8-9-19-11-10-18-3/h14-16H,4-13H2,1-3H3. The number of hydrogen-bond acceptors (Lipinski definition) is 4. The minimum absolute atomic E-state index is 0.693. The molecule has 1 atom stereocenters. The summed E-state index contributed by atoms with van der Waals surface area (Å²) in [6.07, 6.45) is 4.02. The van der Waals surface area contributed by atoms with Crippen LogP contribution in [0.15, 0.2) is 0 Å². The molecule has 0 aliphatic carbocycles. The fraction of sp³-hybridized carbons (Fsp3) is 1.00. The Morgan fingerprint density at radius 1 is 1.21 bits per heavy atom. The third-order valence-electron chi connectivity index (χ3n) is 3.64. The summed E-state index contributed by atoms with van der Waals surface area (Å²) in [5, 5.41) is 3.59. The smallest absolute Gasteiger partial charge is 0.0700 e. The molecule has 1 N–H and O–H groups in total. The molecule has 1 rings (SSSR count). The highest BCUT2D eigenvalue weighted by Crippen LogP contribution is 2.16. The number of nitrogens with zero attached hydrogens (tertiary/aromatic N) is 1. The molecule has 19 heavy (non-hydrogen) atoms. The maximum absolute atomic E-state index is 5.58. The van der Waals surface area contributed by atoms with E-state index in [1.165, 1.54) is 25.8 Å². The molecule has 1 unspecified atom stereocenters. The Bertz CT molecular complexity index is 212. The summed E-state index contributed by atoms with van der Waals surface area (Å²) in [5.41, 5.74) is 0. The van der Waals surface area contributed by atoms with Crippen molar-refractivity contribution in [1.82, 2.24) is 10.2 Å². The number of hydrogen-bond donors (Lipinski definition) is 1. The van der Waals surface area contributed by atoms with Crippen LogP contribution < -0.4 is 5.32 Å². The zero-order valence-electron chi connectivity index (χ0n) is 13.0. The molecule has 0 spiro atoms. The fourth-order valence-corrected chi connectivity index (χ4v) is 2.55. The van der Waals surface area contributed by atoms with Gasteiger partial charge in [-0.25, -0.2) is 0 Å². The van der Waals surface area contributed by atoms with E-state index < -0.39 is 0 Å². The lowest BCUT2D eigenvalue weighted by molar-refractivity contribution is 0.0423. The van der Waals surface area contributed by atoms with Crippen molar-refractivity contribution >= 4 is 0 Å². The van der Waals surface area contributed by atoms with Crippen molar-refractivity contribution in [3.63, 3.8) is 0 Å². The minimum atomic E-state index is 0.693. The molecule has 0 bridgehead atoms. The van der Waals surface area contributed by atoms with Crippen LogP contribution in [-0.4, -0.2) is 64.1 Å². The predicted octanol–water partition coefficient (Wildman–Crippen LogP) is 1.75. The first kappa shape index (κ1) is 16.9. The van der Waals surface area contributed by atoms with E-state index in [0.717, 1.165) is 32.2 Å². The first-order chi connectivity index (χ1) is 9.24. The first-order valence-electron chi connectivity index (χ1n) is 7.75. The van der Waals surface area contributed by atoms with Crippen LogP contribution in [0.4, 0.5) is 0 Å². The van der Waals surface area contributed by atoms with Crippen LogP contribution in [0.5, 0.6) is 0 Å². The predicted molar refractivity (Wildman–Crippen MR) is 79.6 cm³/mol. The lowest BCUT2D eigenvalue weighted by Crippen LogP contribution is -2.47. The molecule has 1 aliphatic rings. The number of piperidine rings is 1. The summed E-state index contributed by atoms with van der Waals surface area (Å²) in [5.74, 6) is 0.731. The van der Waals surface area contributed by atoms with Gasteiger partial charge in [-0.2, -0.15) is 0 Å². The van der Waals surface area contributed by atoms with Gasteiger partial charge in [0.25, 0.3) is 0 Å². The van der Waals surface area contributed by atoms with Gasteiger partial charge in [0, 0.05) is 26.2 Å². The van der Waals surface area contributed by atoms with Gasteiger partial charge in [-0.1, -0.05) is 20.3 Å². The van der Waals surface area contributed by atoms with E-state index in [2.05, 4.69) is 24.1 Å². The van der Waals surface area contributed by atoms with Crippen LogP contribution in [0.1, 0.15) is 33.1 Å². The van der Waals surface area contributed by atoms with Crippen LogP contribution in [0.2, 0.25) is 0 Å². The highest BCUT2D eigenvalue weighted by Gasteiger charge is 2.21. The third kappa shape index (κ3) is 7.88.